The van der Waals surface area contributed by atoms with Gasteiger partial charge in [0.1, 0.15) is 18.1 Å². The highest BCUT2D eigenvalue weighted by atomic mass is 19.1. The Morgan fingerprint density at radius 3 is 2.63 bits per heavy atom. The first kappa shape index (κ1) is 19.8. The van der Waals surface area contributed by atoms with E-state index in [0.717, 1.165) is 16.7 Å². The van der Waals surface area contributed by atoms with Gasteiger partial charge in [0.15, 0.2) is 0 Å². The number of benzene rings is 2. The van der Waals surface area contributed by atoms with Crippen LogP contribution in [0.25, 0.3) is 0 Å². The number of hydrogen-bond acceptors (Lipinski definition) is 4. The van der Waals surface area contributed by atoms with E-state index in [4.69, 9.17) is 9.47 Å². The zero-order valence-corrected chi connectivity index (χ0v) is 16.2. The second kappa shape index (κ2) is 8.92. The summed E-state index contributed by atoms with van der Waals surface area (Å²) in [6.45, 7) is 0.752. The second-order valence-electron chi connectivity index (χ2n) is 7.09. The highest BCUT2D eigenvalue weighted by Crippen LogP contribution is 2.33. The molecule has 1 N–H and O–H groups in total. The highest BCUT2D eigenvalue weighted by Gasteiger charge is 2.33. The molecule has 1 amide bonds. The molecular formula is C23H21FN2O4. The van der Waals surface area contributed by atoms with Crippen LogP contribution in [0.15, 0.2) is 66.9 Å². The van der Waals surface area contributed by atoms with Crippen LogP contribution in [-0.2, 0) is 17.8 Å². The molecule has 0 saturated heterocycles. The van der Waals surface area contributed by atoms with Crippen molar-refractivity contribution in [1.29, 1.82) is 0 Å². The lowest BCUT2D eigenvalue weighted by atomic mass is 10.1. The largest absolute Gasteiger partial charge is 0.474 e. The summed E-state index contributed by atoms with van der Waals surface area (Å²) >= 11 is 0. The SMILES string of the molecule is O=C(O)N1c2cc(Cc3ccc(F)cc3)cnc2OC[C@@H]1COCc1ccccc1. The Bertz CT molecular complexity index is 1010. The Labute approximate surface area is 173 Å². The van der Waals surface area contributed by atoms with Crippen LogP contribution < -0.4 is 9.64 Å². The summed E-state index contributed by atoms with van der Waals surface area (Å²) in [5.74, 6) is -0.0225. The lowest BCUT2D eigenvalue weighted by Gasteiger charge is -2.34. The van der Waals surface area contributed by atoms with Gasteiger partial charge in [-0.05, 0) is 41.3 Å². The van der Waals surface area contributed by atoms with Crippen molar-refractivity contribution in [3.05, 3.63) is 89.4 Å². The van der Waals surface area contributed by atoms with Gasteiger partial charge in [0, 0.05) is 6.20 Å². The Hall–Kier alpha value is -3.45. The lowest BCUT2D eigenvalue weighted by molar-refractivity contribution is 0.0842. The molecule has 30 heavy (non-hydrogen) atoms. The van der Waals surface area contributed by atoms with E-state index in [-0.39, 0.29) is 24.9 Å². The van der Waals surface area contributed by atoms with Crippen LogP contribution in [-0.4, -0.2) is 35.4 Å². The maximum absolute atomic E-state index is 13.1. The van der Waals surface area contributed by atoms with Crippen LogP contribution in [0, 0.1) is 5.82 Å². The predicted octanol–water partition coefficient (Wildman–Crippen LogP) is 4.27. The number of pyridine rings is 1. The molecule has 1 aliphatic rings. The summed E-state index contributed by atoms with van der Waals surface area (Å²) in [6.07, 6.45) is 1.06. The molecule has 1 aliphatic heterocycles. The molecule has 0 aliphatic carbocycles. The molecule has 0 radical (unpaired) electrons. The third-order valence-electron chi connectivity index (χ3n) is 4.88. The van der Waals surface area contributed by atoms with Gasteiger partial charge in [-0.25, -0.2) is 14.2 Å². The van der Waals surface area contributed by atoms with Crippen molar-refractivity contribution in [2.24, 2.45) is 0 Å². The number of rotatable bonds is 6. The average Bonchev–Trinajstić information content (AvgIpc) is 2.75. The van der Waals surface area contributed by atoms with Crippen molar-refractivity contribution in [2.45, 2.75) is 19.1 Å². The number of amides is 1. The van der Waals surface area contributed by atoms with Crippen LogP contribution in [0.5, 0.6) is 5.88 Å². The maximum atomic E-state index is 13.1. The Balaban J connectivity index is 1.49. The van der Waals surface area contributed by atoms with Crippen LogP contribution in [0.4, 0.5) is 14.9 Å². The first-order chi connectivity index (χ1) is 14.6. The van der Waals surface area contributed by atoms with Crippen molar-refractivity contribution in [1.82, 2.24) is 4.98 Å². The number of hydrogen-bond donors (Lipinski definition) is 1. The van der Waals surface area contributed by atoms with Crippen molar-refractivity contribution >= 4 is 11.8 Å². The van der Waals surface area contributed by atoms with Crippen molar-refractivity contribution in [3.8, 4) is 5.88 Å². The number of nitrogens with zero attached hydrogens (tertiary/aromatic N) is 2. The van der Waals surface area contributed by atoms with Gasteiger partial charge in [-0.2, -0.15) is 0 Å². The van der Waals surface area contributed by atoms with Crippen LogP contribution >= 0.6 is 0 Å². The third kappa shape index (κ3) is 4.58. The monoisotopic (exact) mass is 408 g/mol. The Kier molecular flexibility index (Phi) is 5.90. The smallest absolute Gasteiger partial charge is 0.412 e. The van der Waals surface area contributed by atoms with E-state index in [2.05, 4.69) is 4.98 Å². The van der Waals surface area contributed by atoms with Crippen molar-refractivity contribution in [2.75, 3.05) is 18.1 Å². The van der Waals surface area contributed by atoms with Crippen LogP contribution in [0.1, 0.15) is 16.7 Å². The van der Waals surface area contributed by atoms with Gasteiger partial charge >= 0.3 is 6.09 Å². The number of carbonyl (C=O) groups is 1. The van der Waals surface area contributed by atoms with E-state index in [1.54, 1.807) is 24.4 Å². The molecule has 0 bridgehead atoms. The van der Waals surface area contributed by atoms with Gasteiger partial charge < -0.3 is 14.6 Å². The number of aromatic nitrogens is 1. The van der Waals surface area contributed by atoms with E-state index < -0.39 is 12.1 Å². The van der Waals surface area contributed by atoms with Crippen molar-refractivity contribution in [3.63, 3.8) is 0 Å². The number of halogens is 1. The number of carboxylic acid groups (broad SMARTS) is 1. The predicted molar refractivity (Wildman–Crippen MR) is 109 cm³/mol. The van der Waals surface area contributed by atoms with Gasteiger partial charge in [0.05, 0.1) is 19.3 Å². The summed E-state index contributed by atoms with van der Waals surface area (Å²) in [5.41, 5.74) is 3.11. The topological polar surface area (TPSA) is 71.9 Å². The van der Waals surface area contributed by atoms with E-state index in [9.17, 15) is 14.3 Å². The molecule has 2 heterocycles. The molecule has 0 saturated carbocycles. The van der Waals surface area contributed by atoms with E-state index >= 15 is 0 Å². The zero-order chi connectivity index (χ0) is 20.9. The molecule has 0 unspecified atom stereocenters. The summed E-state index contributed by atoms with van der Waals surface area (Å²) in [6, 6.07) is 17.1. The summed E-state index contributed by atoms with van der Waals surface area (Å²) < 4.78 is 24.6. The van der Waals surface area contributed by atoms with Gasteiger partial charge in [-0.3, -0.25) is 4.90 Å². The quantitative estimate of drug-likeness (QED) is 0.659. The van der Waals surface area contributed by atoms with Gasteiger partial charge in [0.2, 0.25) is 5.88 Å². The molecule has 6 nitrogen and oxygen atoms in total. The standard InChI is InChI=1S/C23H21FN2O4/c24-19-8-6-16(7-9-19)10-18-11-21-22(25-12-18)30-15-20(26(21)23(27)28)14-29-13-17-4-2-1-3-5-17/h1-9,11-12,20H,10,13-15H2,(H,27,28)/t20-/m0/s1. The van der Waals surface area contributed by atoms with E-state index in [1.165, 1.54) is 17.0 Å². The molecule has 1 atom stereocenters. The Morgan fingerprint density at radius 1 is 1.13 bits per heavy atom. The zero-order valence-electron chi connectivity index (χ0n) is 16.2. The molecule has 154 valence electrons. The number of anilines is 1. The fourth-order valence-electron chi connectivity index (χ4n) is 3.42. The third-order valence-corrected chi connectivity index (χ3v) is 4.88. The summed E-state index contributed by atoms with van der Waals surface area (Å²) in [7, 11) is 0. The van der Waals surface area contributed by atoms with Crippen LogP contribution in [0.3, 0.4) is 0 Å². The van der Waals surface area contributed by atoms with E-state index in [0.29, 0.717) is 18.7 Å². The fraction of sp³-hybridized carbons (Fsp3) is 0.217. The van der Waals surface area contributed by atoms with Crippen molar-refractivity contribution < 1.29 is 23.8 Å². The highest BCUT2D eigenvalue weighted by molar-refractivity contribution is 5.89. The molecule has 0 fully saturated rings. The molecule has 2 aromatic carbocycles. The minimum atomic E-state index is -1.09. The summed E-state index contributed by atoms with van der Waals surface area (Å²) in [5, 5.41) is 9.83. The fourth-order valence-corrected chi connectivity index (χ4v) is 3.42. The molecule has 3 aromatic rings. The first-order valence-corrected chi connectivity index (χ1v) is 9.60. The minimum Gasteiger partial charge on any atom is -0.474 e. The maximum Gasteiger partial charge on any atom is 0.412 e. The lowest BCUT2D eigenvalue weighted by Crippen LogP contribution is -2.49. The summed E-state index contributed by atoms with van der Waals surface area (Å²) in [4.78, 5) is 17.6. The molecular weight excluding hydrogens is 387 g/mol. The van der Waals surface area contributed by atoms with Gasteiger partial charge in [0.25, 0.3) is 0 Å². The van der Waals surface area contributed by atoms with Gasteiger partial charge in [-0.1, -0.05) is 42.5 Å². The Morgan fingerprint density at radius 2 is 1.90 bits per heavy atom. The van der Waals surface area contributed by atoms with Crippen LogP contribution in [0.2, 0.25) is 0 Å². The molecule has 0 spiro atoms. The number of ether oxygens (including phenoxy) is 2. The minimum absolute atomic E-state index is 0.165. The van der Waals surface area contributed by atoms with Gasteiger partial charge in [-0.15, -0.1) is 0 Å². The molecule has 1 aromatic heterocycles. The molecule has 4 rings (SSSR count). The normalized spacial score (nSPS) is 15.4. The number of fused-ring (bicyclic) bond motifs is 1. The molecule has 7 heteroatoms. The average molecular weight is 408 g/mol. The van der Waals surface area contributed by atoms with E-state index in [1.807, 2.05) is 30.3 Å². The second-order valence-corrected chi connectivity index (χ2v) is 7.09. The first-order valence-electron chi connectivity index (χ1n) is 9.60.